The summed E-state index contributed by atoms with van der Waals surface area (Å²) in [6, 6.07) is 3.71. The van der Waals surface area contributed by atoms with Crippen LogP contribution in [0, 0.1) is 17.8 Å². The molecule has 1 aromatic rings. The van der Waals surface area contributed by atoms with Crippen LogP contribution >= 0.6 is 0 Å². The zero-order valence-electron chi connectivity index (χ0n) is 20.2. The third-order valence-electron chi connectivity index (χ3n) is 5.75. The van der Waals surface area contributed by atoms with Crippen LogP contribution in [0.5, 0.6) is 11.5 Å². The number of benzene rings is 1. The fourth-order valence-electron chi connectivity index (χ4n) is 4.36. The van der Waals surface area contributed by atoms with Crippen molar-refractivity contribution in [2.45, 2.75) is 64.4 Å². The molecule has 158 valence electrons. The normalized spacial score (nSPS) is 24.4. The quantitative estimate of drug-likeness (QED) is 0.327. The molecular formula is C23H31NO4S. The molecule has 0 saturated carbocycles. The average molecular weight is 422 g/mol. The SMILES string of the molecule is [2H][13C]([2H])([2H])S(=O)(=O)NCCCC#CCc1cc(O)c2c(c1)OC(C)(C)[C@@H]1CC=C(C)C[C@@H]21. The summed E-state index contributed by atoms with van der Waals surface area (Å²) in [5, 5.41) is 10.8. The number of ether oxygens (including phenoxy) is 1. The second-order valence-corrected chi connectivity index (χ2v) is 9.76. The molecule has 1 aliphatic heterocycles. The van der Waals surface area contributed by atoms with Crippen LogP contribution in [-0.4, -0.2) is 31.9 Å². The van der Waals surface area contributed by atoms with Crippen molar-refractivity contribution in [2.24, 2.45) is 5.92 Å². The molecule has 2 atom stereocenters. The maximum Gasteiger partial charge on any atom is 0.208 e. The van der Waals surface area contributed by atoms with E-state index in [1.165, 1.54) is 5.57 Å². The molecule has 0 fully saturated rings. The van der Waals surface area contributed by atoms with Gasteiger partial charge in [0, 0.05) is 40.9 Å². The lowest BCUT2D eigenvalue weighted by Crippen LogP contribution is -2.45. The smallest absolute Gasteiger partial charge is 0.208 e. The van der Waals surface area contributed by atoms with Crippen LogP contribution in [0.25, 0.3) is 0 Å². The monoisotopic (exact) mass is 421 g/mol. The van der Waals surface area contributed by atoms with Gasteiger partial charge < -0.3 is 9.84 Å². The zero-order valence-corrected chi connectivity index (χ0v) is 18.0. The summed E-state index contributed by atoms with van der Waals surface area (Å²) in [6.07, 6.45) is 2.34. The van der Waals surface area contributed by atoms with Crippen LogP contribution < -0.4 is 9.46 Å². The molecule has 5 nitrogen and oxygen atoms in total. The number of phenolic OH excluding ortho intramolecular Hbond substituents is 1. The van der Waals surface area contributed by atoms with Gasteiger partial charge in [0.1, 0.15) is 17.1 Å². The number of rotatable bonds is 5. The number of hydrogen-bond donors (Lipinski definition) is 2. The predicted molar refractivity (Wildman–Crippen MR) is 116 cm³/mol. The first-order valence-corrected chi connectivity index (χ1v) is 11.5. The molecule has 0 spiro atoms. The minimum Gasteiger partial charge on any atom is -0.508 e. The van der Waals surface area contributed by atoms with Crippen molar-refractivity contribution in [1.82, 2.24) is 4.72 Å². The van der Waals surface area contributed by atoms with Crippen LogP contribution in [0.1, 0.15) is 67.6 Å². The summed E-state index contributed by atoms with van der Waals surface area (Å²) < 4.78 is 52.2. The fraction of sp³-hybridized carbons (Fsp3) is 0.565. The number of aromatic hydroxyl groups is 1. The van der Waals surface area contributed by atoms with Gasteiger partial charge in [-0.3, -0.25) is 0 Å². The Morgan fingerprint density at radius 1 is 1.38 bits per heavy atom. The van der Waals surface area contributed by atoms with E-state index < -0.39 is 16.2 Å². The minimum absolute atomic E-state index is 0.0222. The van der Waals surface area contributed by atoms with Crippen molar-refractivity contribution in [3.8, 4) is 23.3 Å². The van der Waals surface area contributed by atoms with E-state index >= 15 is 0 Å². The lowest BCUT2D eigenvalue weighted by Gasteiger charge is -2.47. The molecule has 0 saturated heterocycles. The zero-order chi connectivity index (χ0) is 23.7. The Labute approximate surface area is 178 Å². The molecule has 0 radical (unpaired) electrons. The topological polar surface area (TPSA) is 75.6 Å². The molecular weight excluding hydrogens is 387 g/mol. The highest BCUT2D eigenvalue weighted by atomic mass is 32.2. The summed E-state index contributed by atoms with van der Waals surface area (Å²) in [6.45, 7) is 6.36. The van der Waals surface area contributed by atoms with Gasteiger partial charge in [-0.05, 0) is 57.7 Å². The molecule has 6 heteroatoms. The first kappa shape index (κ1) is 17.9. The molecule has 3 rings (SSSR count). The first-order valence-electron chi connectivity index (χ1n) is 11.5. The Morgan fingerprint density at radius 2 is 2.17 bits per heavy atom. The number of phenols is 1. The Morgan fingerprint density at radius 3 is 2.93 bits per heavy atom. The first-order chi connectivity index (χ1) is 14.8. The number of sulfonamides is 1. The van der Waals surface area contributed by atoms with Crippen molar-refractivity contribution in [3.05, 3.63) is 34.9 Å². The molecule has 0 aromatic heterocycles. The largest absolute Gasteiger partial charge is 0.508 e. The molecule has 1 heterocycles. The van der Waals surface area contributed by atoms with E-state index in [-0.39, 0.29) is 23.8 Å². The lowest BCUT2D eigenvalue weighted by molar-refractivity contribution is 0.00754. The van der Waals surface area contributed by atoms with Gasteiger partial charge in [0.2, 0.25) is 10.0 Å². The number of nitrogens with one attached hydrogen (secondary N) is 1. The number of fused-ring (bicyclic) bond motifs is 3. The van der Waals surface area contributed by atoms with Gasteiger partial charge in [-0.1, -0.05) is 17.6 Å². The highest BCUT2D eigenvalue weighted by molar-refractivity contribution is 7.88. The van der Waals surface area contributed by atoms with Crippen LogP contribution in [-0.2, 0) is 16.4 Å². The Kier molecular flexibility index (Phi) is 5.18. The van der Waals surface area contributed by atoms with E-state index in [4.69, 9.17) is 8.85 Å². The molecule has 0 amide bonds. The maximum absolute atomic E-state index is 11.5. The van der Waals surface area contributed by atoms with E-state index in [0.29, 0.717) is 25.2 Å². The predicted octanol–water partition coefficient (Wildman–Crippen LogP) is 3.88. The number of allylic oxidation sites excluding steroid dienone is 2. The van der Waals surface area contributed by atoms with Crippen molar-refractivity contribution >= 4 is 10.0 Å². The molecule has 1 aromatic carbocycles. The van der Waals surface area contributed by atoms with E-state index in [9.17, 15) is 13.5 Å². The second kappa shape index (κ2) is 8.41. The molecule has 2 aliphatic rings. The molecule has 1 aliphatic carbocycles. The lowest BCUT2D eigenvalue weighted by atomic mass is 9.67. The number of hydrogen-bond acceptors (Lipinski definition) is 4. The van der Waals surface area contributed by atoms with E-state index in [1.807, 2.05) is 6.07 Å². The van der Waals surface area contributed by atoms with Gasteiger partial charge >= 0.3 is 0 Å². The highest BCUT2D eigenvalue weighted by Crippen LogP contribution is 2.54. The molecule has 0 unspecified atom stereocenters. The Bertz CT molecular complexity index is 1070. The third kappa shape index (κ3) is 5.34. The standard InChI is InChI=1S/C23H31NO4S/c1-16-10-11-19-18(13-16)22-20(25)14-17(15-21(22)28-23(19,2)3)9-7-5-6-8-12-24-29(4,26)27/h10,14-15,18-19,24-25H,6,8-9,11-13H2,1-4H3/t18-,19-/m1/s1/i4+1D3. The van der Waals surface area contributed by atoms with E-state index in [1.54, 1.807) is 6.07 Å². The van der Waals surface area contributed by atoms with E-state index in [0.717, 1.165) is 29.7 Å². The maximum atomic E-state index is 11.5. The Balaban J connectivity index is 1.63. The third-order valence-corrected chi connectivity index (χ3v) is 6.34. The van der Waals surface area contributed by atoms with Crippen molar-refractivity contribution in [1.29, 1.82) is 0 Å². The van der Waals surface area contributed by atoms with Crippen molar-refractivity contribution < 1.29 is 22.4 Å². The van der Waals surface area contributed by atoms with Crippen molar-refractivity contribution in [3.63, 3.8) is 0 Å². The summed E-state index contributed by atoms with van der Waals surface area (Å²) in [4.78, 5) is 0. The molecule has 2 N–H and O–H groups in total. The molecule has 0 bridgehead atoms. The van der Waals surface area contributed by atoms with Gasteiger partial charge in [0.25, 0.3) is 0 Å². The summed E-state index contributed by atoms with van der Waals surface area (Å²) in [5.41, 5.74) is 2.76. The number of unbranched alkanes of at least 4 members (excludes halogenated alkanes) is 1. The van der Waals surface area contributed by atoms with Gasteiger partial charge in [0.05, 0.1) is 6.18 Å². The summed E-state index contributed by atoms with van der Waals surface area (Å²) in [5.74, 6) is 7.53. The van der Waals surface area contributed by atoms with Crippen LogP contribution in [0.4, 0.5) is 0 Å². The van der Waals surface area contributed by atoms with E-state index in [2.05, 4.69) is 43.4 Å². The van der Waals surface area contributed by atoms with Gasteiger partial charge in [-0.2, -0.15) is 0 Å². The van der Waals surface area contributed by atoms with Gasteiger partial charge in [0.15, 0.2) is 0 Å². The second-order valence-electron chi connectivity index (χ2n) is 8.47. The minimum atomic E-state index is -4.31. The Hall–Kier alpha value is -1.97. The van der Waals surface area contributed by atoms with Gasteiger partial charge in [-0.15, -0.1) is 5.92 Å². The highest BCUT2D eigenvalue weighted by Gasteiger charge is 2.45. The fourth-order valence-corrected chi connectivity index (χ4v) is 4.77. The van der Waals surface area contributed by atoms with Crippen molar-refractivity contribution in [2.75, 3.05) is 12.7 Å². The molecule has 29 heavy (non-hydrogen) atoms. The summed E-state index contributed by atoms with van der Waals surface area (Å²) in [7, 11) is -4.31. The average Bonchev–Trinajstić information content (AvgIpc) is 2.65. The summed E-state index contributed by atoms with van der Waals surface area (Å²) >= 11 is 0. The van der Waals surface area contributed by atoms with Gasteiger partial charge in [-0.25, -0.2) is 13.1 Å². The van der Waals surface area contributed by atoms with Crippen LogP contribution in [0.15, 0.2) is 23.8 Å². The van der Waals surface area contributed by atoms with Crippen LogP contribution in [0.2, 0.25) is 0 Å². The van der Waals surface area contributed by atoms with Crippen LogP contribution in [0.3, 0.4) is 0 Å².